The van der Waals surface area contributed by atoms with Crippen LogP contribution >= 0.6 is 0 Å². The molecule has 2 aromatic rings. The van der Waals surface area contributed by atoms with E-state index in [1.165, 1.54) is 0 Å². The molecule has 138 valence electrons. The Morgan fingerprint density at radius 3 is 2.08 bits per heavy atom. The number of aryl methyl sites for hydroxylation is 1. The van der Waals surface area contributed by atoms with Gasteiger partial charge in [-0.15, -0.1) is 0 Å². The molecular formula is C21H26N2O3. The molecule has 0 heterocycles. The maximum atomic E-state index is 12.3. The van der Waals surface area contributed by atoms with Gasteiger partial charge in [0, 0.05) is 16.8 Å². The Morgan fingerprint density at radius 2 is 1.54 bits per heavy atom. The second-order valence-corrected chi connectivity index (χ2v) is 7.34. The first-order chi connectivity index (χ1) is 12.1. The van der Waals surface area contributed by atoms with Gasteiger partial charge in [0.25, 0.3) is 11.8 Å². The van der Waals surface area contributed by atoms with Gasteiger partial charge in [-0.1, -0.05) is 17.7 Å². The summed E-state index contributed by atoms with van der Waals surface area (Å²) < 4.78 is 5.64. The molecule has 0 spiro atoms. The van der Waals surface area contributed by atoms with E-state index in [0.29, 0.717) is 17.0 Å². The van der Waals surface area contributed by atoms with E-state index in [2.05, 4.69) is 10.6 Å². The summed E-state index contributed by atoms with van der Waals surface area (Å²) in [6.45, 7) is 9.46. The molecule has 0 aromatic heterocycles. The van der Waals surface area contributed by atoms with Crippen LogP contribution in [0.1, 0.15) is 43.6 Å². The van der Waals surface area contributed by atoms with Crippen molar-refractivity contribution >= 4 is 17.5 Å². The number of anilines is 1. The molecule has 0 saturated carbocycles. The van der Waals surface area contributed by atoms with Gasteiger partial charge < -0.3 is 15.4 Å². The predicted octanol–water partition coefficient (Wildman–Crippen LogP) is 3.93. The van der Waals surface area contributed by atoms with Crippen molar-refractivity contribution in [1.29, 1.82) is 0 Å². The monoisotopic (exact) mass is 354 g/mol. The van der Waals surface area contributed by atoms with Gasteiger partial charge in [-0.25, -0.2) is 0 Å². The lowest BCUT2D eigenvalue weighted by Crippen LogP contribution is -2.40. The molecule has 0 radical (unpaired) electrons. The van der Waals surface area contributed by atoms with E-state index >= 15 is 0 Å². The number of hydrogen-bond donors (Lipinski definition) is 2. The van der Waals surface area contributed by atoms with E-state index in [1.807, 2.05) is 52.0 Å². The quantitative estimate of drug-likeness (QED) is 0.855. The molecule has 2 N–H and O–H groups in total. The molecule has 26 heavy (non-hydrogen) atoms. The van der Waals surface area contributed by atoms with E-state index in [1.54, 1.807) is 31.2 Å². The summed E-state index contributed by atoms with van der Waals surface area (Å²) >= 11 is 0. The van der Waals surface area contributed by atoms with Crippen molar-refractivity contribution in [3.63, 3.8) is 0 Å². The van der Waals surface area contributed by atoms with Crippen molar-refractivity contribution in [3.8, 4) is 5.75 Å². The second-order valence-electron chi connectivity index (χ2n) is 7.34. The third-order valence-electron chi connectivity index (χ3n) is 3.61. The minimum atomic E-state index is -0.637. The topological polar surface area (TPSA) is 67.4 Å². The molecular weight excluding hydrogens is 328 g/mol. The molecule has 5 nitrogen and oxygen atoms in total. The van der Waals surface area contributed by atoms with E-state index in [9.17, 15) is 9.59 Å². The average molecular weight is 354 g/mol. The van der Waals surface area contributed by atoms with Crippen molar-refractivity contribution < 1.29 is 14.3 Å². The lowest BCUT2D eigenvalue weighted by molar-refractivity contribution is -0.122. The summed E-state index contributed by atoms with van der Waals surface area (Å²) in [5.41, 5.74) is 1.99. The van der Waals surface area contributed by atoms with Crippen LogP contribution in [0.3, 0.4) is 0 Å². The predicted molar refractivity (Wildman–Crippen MR) is 104 cm³/mol. The van der Waals surface area contributed by atoms with Crippen LogP contribution in [0, 0.1) is 6.92 Å². The maximum Gasteiger partial charge on any atom is 0.265 e. The van der Waals surface area contributed by atoms with Gasteiger partial charge in [-0.2, -0.15) is 0 Å². The van der Waals surface area contributed by atoms with Crippen LogP contribution in [-0.2, 0) is 4.79 Å². The van der Waals surface area contributed by atoms with Gasteiger partial charge in [0.15, 0.2) is 6.10 Å². The number of benzene rings is 2. The highest BCUT2D eigenvalue weighted by molar-refractivity contribution is 5.97. The molecule has 0 fully saturated rings. The first kappa shape index (κ1) is 19.5. The lowest BCUT2D eigenvalue weighted by atomic mass is 10.1. The van der Waals surface area contributed by atoms with Gasteiger partial charge in [-0.3, -0.25) is 9.59 Å². The van der Waals surface area contributed by atoms with Gasteiger partial charge >= 0.3 is 0 Å². The summed E-state index contributed by atoms with van der Waals surface area (Å²) in [4.78, 5) is 24.4. The molecule has 2 aromatic carbocycles. The smallest absolute Gasteiger partial charge is 0.265 e. The van der Waals surface area contributed by atoms with Crippen LogP contribution in [0.15, 0.2) is 48.5 Å². The maximum absolute atomic E-state index is 12.3. The molecule has 0 aliphatic carbocycles. The van der Waals surface area contributed by atoms with Crippen LogP contribution in [-0.4, -0.2) is 23.5 Å². The highest BCUT2D eigenvalue weighted by Gasteiger charge is 2.17. The van der Waals surface area contributed by atoms with Gasteiger partial charge in [0.2, 0.25) is 0 Å². The Hall–Kier alpha value is -2.82. The molecule has 2 amide bonds. The fourth-order valence-electron chi connectivity index (χ4n) is 2.24. The fraction of sp³-hybridized carbons (Fsp3) is 0.333. The largest absolute Gasteiger partial charge is 0.481 e. The lowest BCUT2D eigenvalue weighted by Gasteiger charge is -2.20. The van der Waals surface area contributed by atoms with Gasteiger partial charge in [-0.05, 0) is 71.0 Å². The Labute approximate surface area is 154 Å². The summed E-state index contributed by atoms with van der Waals surface area (Å²) in [5, 5.41) is 5.69. The first-order valence-corrected chi connectivity index (χ1v) is 8.61. The van der Waals surface area contributed by atoms with Crippen LogP contribution in [0.25, 0.3) is 0 Å². The van der Waals surface area contributed by atoms with Crippen LogP contribution in [0.5, 0.6) is 5.75 Å². The number of ether oxygens (including phenoxy) is 1. The van der Waals surface area contributed by atoms with Crippen LogP contribution in [0.4, 0.5) is 5.69 Å². The highest BCUT2D eigenvalue weighted by Crippen LogP contribution is 2.15. The standard InChI is InChI=1S/C21H26N2O3/c1-14-6-12-18(13-7-14)26-15(2)19(24)22-17-10-8-16(9-11-17)20(25)23-21(3,4)5/h6-13,15H,1-5H3,(H,22,24)(H,23,25). The SMILES string of the molecule is Cc1ccc(OC(C)C(=O)Nc2ccc(C(=O)NC(C)(C)C)cc2)cc1. The minimum absolute atomic E-state index is 0.147. The molecule has 0 aliphatic rings. The zero-order valence-corrected chi connectivity index (χ0v) is 15.9. The molecule has 5 heteroatoms. The number of carbonyl (C=O) groups is 2. The molecule has 0 saturated heterocycles. The molecule has 0 aliphatic heterocycles. The van der Waals surface area contributed by atoms with Crippen LogP contribution < -0.4 is 15.4 Å². The van der Waals surface area contributed by atoms with Crippen molar-refractivity contribution in [2.75, 3.05) is 5.32 Å². The van der Waals surface area contributed by atoms with E-state index in [-0.39, 0.29) is 17.4 Å². The molecule has 1 unspecified atom stereocenters. The van der Waals surface area contributed by atoms with Crippen molar-refractivity contribution in [2.45, 2.75) is 46.3 Å². The molecule has 2 rings (SSSR count). The summed E-state index contributed by atoms with van der Waals surface area (Å²) in [6, 6.07) is 14.3. The fourth-order valence-corrected chi connectivity index (χ4v) is 2.24. The Kier molecular flexibility index (Phi) is 6.03. The summed E-state index contributed by atoms with van der Waals surface area (Å²) in [6.07, 6.45) is -0.637. The third-order valence-corrected chi connectivity index (χ3v) is 3.61. The average Bonchev–Trinajstić information content (AvgIpc) is 2.56. The van der Waals surface area contributed by atoms with E-state index < -0.39 is 6.10 Å². The summed E-state index contributed by atoms with van der Waals surface area (Å²) in [5.74, 6) is 0.247. The van der Waals surface area contributed by atoms with E-state index in [4.69, 9.17) is 4.74 Å². The molecule has 0 bridgehead atoms. The first-order valence-electron chi connectivity index (χ1n) is 8.61. The van der Waals surface area contributed by atoms with Gasteiger partial charge in [0.05, 0.1) is 0 Å². The van der Waals surface area contributed by atoms with Crippen LogP contribution in [0.2, 0.25) is 0 Å². The van der Waals surface area contributed by atoms with Crippen molar-refractivity contribution in [1.82, 2.24) is 5.32 Å². The number of hydrogen-bond acceptors (Lipinski definition) is 3. The highest BCUT2D eigenvalue weighted by atomic mass is 16.5. The Morgan fingerprint density at radius 1 is 0.962 bits per heavy atom. The summed E-state index contributed by atoms with van der Waals surface area (Å²) in [7, 11) is 0. The van der Waals surface area contributed by atoms with Crippen molar-refractivity contribution in [3.05, 3.63) is 59.7 Å². The van der Waals surface area contributed by atoms with E-state index in [0.717, 1.165) is 5.56 Å². The van der Waals surface area contributed by atoms with Crippen molar-refractivity contribution in [2.24, 2.45) is 0 Å². The third kappa shape index (κ3) is 5.92. The number of carbonyl (C=O) groups excluding carboxylic acids is 2. The Bertz CT molecular complexity index is 759. The zero-order valence-electron chi connectivity index (χ0n) is 15.9. The minimum Gasteiger partial charge on any atom is -0.481 e. The normalized spacial score (nSPS) is 12.2. The number of nitrogens with one attached hydrogen (secondary N) is 2. The Balaban J connectivity index is 1.94. The zero-order chi connectivity index (χ0) is 19.3. The molecule has 1 atom stereocenters. The van der Waals surface area contributed by atoms with Gasteiger partial charge in [0.1, 0.15) is 5.75 Å². The number of amides is 2. The second kappa shape index (κ2) is 8.04. The number of rotatable bonds is 5.